The molecule has 1 atom stereocenters. The Hall–Kier alpha value is -1.13. The predicted molar refractivity (Wildman–Crippen MR) is 88.5 cm³/mol. The summed E-state index contributed by atoms with van der Waals surface area (Å²) >= 11 is 5.18. The van der Waals surface area contributed by atoms with Crippen LogP contribution >= 0.6 is 27.3 Å². The van der Waals surface area contributed by atoms with Crippen molar-refractivity contribution in [1.82, 2.24) is 4.90 Å². The second kappa shape index (κ2) is 6.55. The molecular weight excluding hydrogens is 334 g/mol. The van der Waals surface area contributed by atoms with Crippen LogP contribution in [-0.2, 0) is 6.42 Å². The van der Waals surface area contributed by atoms with E-state index in [0.717, 1.165) is 22.0 Å². The van der Waals surface area contributed by atoms with E-state index in [2.05, 4.69) is 34.3 Å². The third-order valence-corrected chi connectivity index (χ3v) is 4.70. The topological polar surface area (TPSA) is 20.3 Å². The highest BCUT2D eigenvalue weighted by molar-refractivity contribution is 9.10. The minimum atomic E-state index is 0.0680. The van der Waals surface area contributed by atoms with E-state index in [-0.39, 0.29) is 11.9 Å². The number of carbonyl (C=O) groups excluding carboxylic acids is 1. The summed E-state index contributed by atoms with van der Waals surface area (Å²) in [6, 6.07) is 10.2. The van der Waals surface area contributed by atoms with Gasteiger partial charge < -0.3 is 4.90 Å². The summed E-state index contributed by atoms with van der Waals surface area (Å²) in [5.41, 5.74) is 1.82. The van der Waals surface area contributed by atoms with Crippen LogP contribution in [0.25, 0.3) is 0 Å². The number of carbonyl (C=O) groups is 1. The van der Waals surface area contributed by atoms with E-state index in [0.29, 0.717) is 0 Å². The number of halogens is 1. The maximum atomic E-state index is 12.5. The highest BCUT2D eigenvalue weighted by atomic mass is 79.9. The zero-order valence-corrected chi connectivity index (χ0v) is 14.3. The molecule has 0 radical (unpaired) electrons. The Labute approximate surface area is 132 Å². The maximum absolute atomic E-state index is 12.5. The molecule has 0 saturated heterocycles. The van der Waals surface area contributed by atoms with E-state index in [1.807, 2.05) is 43.1 Å². The zero-order valence-electron chi connectivity index (χ0n) is 11.9. The number of nitrogens with zero attached hydrogens (tertiary/aromatic N) is 1. The molecule has 106 valence electrons. The third kappa shape index (κ3) is 3.70. The molecule has 2 nitrogen and oxygen atoms in total. The minimum absolute atomic E-state index is 0.0680. The molecule has 20 heavy (non-hydrogen) atoms. The molecular formula is C16H18BrNOS. The number of hydrogen-bond acceptors (Lipinski definition) is 2. The molecule has 1 amide bonds. The second-order valence-electron chi connectivity index (χ2n) is 5.07. The number of hydrogen-bond donors (Lipinski definition) is 0. The summed E-state index contributed by atoms with van der Waals surface area (Å²) in [7, 11) is 1.87. The third-order valence-electron chi connectivity index (χ3n) is 3.35. The first-order valence-electron chi connectivity index (χ1n) is 6.54. The number of amides is 1. The van der Waals surface area contributed by atoms with E-state index < -0.39 is 0 Å². The van der Waals surface area contributed by atoms with Crippen LogP contribution in [0.2, 0.25) is 0 Å². The Kier molecular flexibility index (Phi) is 5.00. The monoisotopic (exact) mass is 351 g/mol. The molecule has 1 aromatic carbocycles. The molecule has 0 aliphatic carbocycles. The first-order valence-corrected chi connectivity index (χ1v) is 8.21. The van der Waals surface area contributed by atoms with Crippen LogP contribution in [0.1, 0.15) is 27.7 Å². The van der Waals surface area contributed by atoms with Crippen LogP contribution in [0.15, 0.2) is 40.2 Å². The fourth-order valence-electron chi connectivity index (χ4n) is 2.12. The zero-order chi connectivity index (χ0) is 14.7. The van der Waals surface area contributed by atoms with Crippen LogP contribution in [0.3, 0.4) is 0 Å². The molecule has 0 bridgehead atoms. The van der Waals surface area contributed by atoms with Crippen molar-refractivity contribution in [1.29, 1.82) is 0 Å². The van der Waals surface area contributed by atoms with Gasteiger partial charge in [-0.2, -0.15) is 0 Å². The van der Waals surface area contributed by atoms with Crippen molar-refractivity contribution in [2.45, 2.75) is 26.3 Å². The fourth-order valence-corrected chi connectivity index (χ4v) is 3.55. The number of thiophene rings is 1. The number of likely N-dealkylation sites (N-methyl/N-ethyl adjacent to an activating group) is 1. The highest BCUT2D eigenvalue weighted by Crippen LogP contribution is 2.19. The van der Waals surface area contributed by atoms with Crippen molar-refractivity contribution in [3.8, 4) is 0 Å². The van der Waals surface area contributed by atoms with Crippen molar-refractivity contribution in [3.63, 3.8) is 0 Å². The molecule has 0 saturated carbocycles. The SMILES string of the molecule is Cc1cc(Br)cc(C(=O)N(C)C(C)Cc2cccs2)c1. The van der Waals surface area contributed by atoms with Crippen molar-refractivity contribution in [3.05, 3.63) is 56.2 Å². The predicted octanol–water partition coefficient (Wildman–Crippen LogP) is 4.52. The standard InChI is InChI=1S/C16H18BrNOS/c1-11-7-13(10-14(17)8-11)16(19)18(3)12(2)9-15-5-4-6-20-15/h4-8,10,12H,9H2,1-3H3. The molecule has 1 aromatic heterocycles. The van der Waals surface area contributed by atoms with Crippen molar-refractivity contribution >= 4 is 33.2 Å². The van der Waals surface area contributed by atoms with Gasteiger partial charge in [0.25, 0.3) is 5.91 Å². The normalized spacial score (nSPS) is 12.2. The van der Waals surface area contributed by atoms with Gasteiger partial charge in [-0.25, -0.2) is 0 Å². The van der Waals surface area contributed by atoms with Crippen LogP contribution in [0, 0.1) is 6.92 Å². The van der Waals surface area contributed by atoms with Crippen LogP contribution in [-0.4, -0.2) is 23.9 Å². The van der Waals surface area contributed by atoms with E-state index in [9.17, 15) is 4.79 Å². The van der Waals surface area contributed by atoms with Gasteiger partial charge in [-0.3, -0.25) is 4.79 Å². The van der Waals surface area contributed by atoms with Crippen molar-refractivity contribution in [2.24, 2.45) is 0 Å². The Morgan fingerprint density at radius 2 is 2.15 bits per heavy atom. The lowest BCUT2D eigenvalue weighted by atomic mass is 10.1. The van der Waals surface area contributed by atoms with Gasteiger partial charge in [-0.05, 0) is 49.1 Å². The summed E-state index contributed by atoms with van der Waals surface area (Å²) in [6.07, 6.45) is 0.896. The van der Waals surface area contributed by atoms with E-state index in [1.54, 1.807) is 11.3 Å². The highest BCUT2D eigenvalue weighted by Gasteiger charge is 2.18. The number of aryl methyl sites for hydroxylation is 1. The average Bonchev–Trinajstić information content (AvgIpc) is 2.88. The Morgan fingerprint density at radius 3 is 2.75 bits per heavy atom. The molecule has 1 heterocycles. The van der Waals surface area contributed by atoms with Crippen LogP contribution < -0.4 is 0 Å². The summed E-state index contributed by atoms with van der Waals surface area (Å²) in [4.78, 5) is 15.7. The molecule has 0 aliphatic heterocycles. The molecule has 2 aromatic rings. The van der Waals surface area contributed by atoms with Crippen molar-refractivity contribution < 1.29 is 4.79 Å². The van der Waals surface area contributed by atoms with Gasteiger partial charge in [-0.15, -0.1) is 11.3 Å². The maximum Gasteiger partial charge on any atom is 0.253 e. The molecule has 2 rings (SSSR count). The second-order valence-corrected chi connectivity index (χ2v) is 7.01. The quantitative estimate of drug-likeness (QED) is 0.792. The Morgan fingerprint density at radius 1 is 1.40 bits per heavy atom. The average molecular weight is 352 g/mol. The number of rotatable bonds is 4. The first kappa shape index (κ1) is 15.3. The fraction of sp³-hybridized carbons (Fsp3) is 0.312. The van der Waals surface area contributed by atoms with Gasteiger partial charge in [0.1, 0.15) is 0 Å². The largest absolute Gasteiger partial charge is 0.339 e. The van der Waals surface area contributed by atoms with E-state index >= 15 is 0 Å². The molecule has 0 aliphatic rings. The van der Waals surface area contributed by atoms with Crippen LogP contribution in [0.5, 0.6) is 0 Å². The van der Waals surface area contributed by atoms with Crippen LogP contribution in [0.4, 0.5) is 0 Å². The van der Waals surface area contributed by atoms with Gasteiger partial charge in [0, 0.05) is 34.4 Å². The van der Waals surface area contributed by atoms with E-state index in [1.165, 1.54) is 4.88 Å². The van der Waals surface area contributed by atoms with Crippen molar-refractivity contribution in [2.75, 3.05) is 7.05 Å². The lowest BCUT2D eigenvalue weighted by molar-refractivity contribution is 0.0744. The van der Waals surface area contributed by atoms with E-state index in [4.69, 9.17) is 0 Å². The lowest BCUT2D eigenvalue weighted by Gasteiger charge is -2.25. The molecule has 1 unspecified atom stereocenters. The van der Waals surface area contributed by atoms with Gasteiger partial charge in [0.2, 0.25) is 0 Å². The summed E-state index contributed by atoms with van der Waals surface area (Å²) < 4.78 is 0.945. The van der Waals surface area contributed by atoms with Gasteiger partial charge in [0.15, 0.2) is 0 Å². The van der Waals surface area contributed by atoms with Gasteiger partial charge in [0.05, 0.1) is 0 Å². The van der Waals surface area contributed by atoms with Gasteiger partial charge >= 0.3 is 0 Å². The minimum Gasteiger partial charge on any atom is -0.339 e. The smallest absolute Gasteiger partial charge is 0.253 e. The summed E-state index contributed by atoms with van der Waals surface area (Å²) in [5.74, 6) is 0.0680. The first-order chi connectivity index (χ1) is 9.47. The molecule has 0 fully saturated rings. The summed E-state index contributed by atoms with van der Waals surface area (Å²) in [6.45, 7) is 4.08. The molecule has 4 heteroatoms. The number of benzene rings is 1. The summed E-state index contributed by atoms with van der Waals surface area (Å²) in [5, 5.41) is 2.07. The van der Waals surface area contributed by atoms with Gasteiger partial charge in [-0.1, -0.05) is 22.0 Å². The lowest BCUT2D eigenvalue weighted by Crippen LogP contribution is -2.36. The molecule has 0 N–H and O–H groups in total. The Balaban J connectivity index is 2.11. The Bertz CT molecular complexity index is 574. The molecule has 0 spiro atoms.